The second-order valence-corrected chi connectivity index (χ2v) is 6.16. The monoisotopic (exact) mass is 242 g/mol. The van der Waals surface area contributed by atoms with E-state index >= 15 is 0 Å². The van der Waals surface area contributed by atoms with Gasteiger partial charge in [-0.15, -0.1) is 0 Å². The number of hydrogen-bond acceptors (Lipinski definition) is 3. The van der Waals surface area contributed by atoms with Gasteiger partial charge in [0.15, 0.2) is 0 Å². The van der Waals surface area contributed by atoms with Gasteiger partial charge in [-0.2, -0.15) is 11.8 Å². The van der Waals surface area contributed by atoms with Crippen LogP contribution in [-0.4, -0.2) is 47.0 Å². The third kappa shape index (κ3) is 2.72. The molecule has 3 unspecified atom stereocenters. The number of carbonyl (C=O) groups excluding carboxylic acids is 1. The Bertz CT molecular complexity index is 243. The summed E-state index contributed by atoms with van der Waals surface area (Å²) in [6.45, 7) is 5.39. The van der Waals surface area contributed by atoms with Crippen LogP contribution >= 0.6 is 11.8 Å². The molecule has 16 heavy (non-hydrogen) atoms. The predicted molar refractivity (Wildman–Crippen MR) is 68.7 cm³/mol. The molecule has 2 aliphatic rings. The Hall–Kier alpha value is -0.220. The van der Waals surface area contributed by atoms with Crippen molar-refractivity contribution in [3.8, 4) is 0 Å². The fourth-order valence-electron chi connectivity index (χ4n) is 2.75. The molecule has 0 radical (unpaired) electrons. The predicted octanol–water partition coefficient (Wildman–Crippen LogP) is 1.48. The quantitative estimate of drug-likeness (QED) is 0.796. The molecular weight excluding hydrogens is 220 g/mol. The smallest absolute Gasteiger partial charge is 0.224 e. The number of amides is 1. The summed E-state index contributed by atoms with van der Waals surface area (Å²) in [6.07, 6.45) is 3.02. The number of likely N-dealkylation sites (tertiary alicyclic amines) is 1. The second kappa shape index (κ2) is 5.41. The van der Waals surface area contributed by atoms with E-state index in [-0.39, 0.29) is 0 Å². The maximum Gasteiger partial charge on any atom is 0.224 e. The summed E-state index contributed by atoms with van der Waals surface area (Å²) < 4.78 is 0. The lowest BCUT2D eigenvalue weighted by Gasteiger charge is -2.30. The first-order valence-electron chi connectivity index (χ1n) is 6.30. The number of carbonyl (C=O) groups is 1. The van der Waals surface area contributed by atoms with Crippen LogP contribution in [0.2, 0.25) is 0 Å². The fraction of sp³-hybridized carbons (Fsp3) is 0.917. The minimum Gasteiger partial charge on any atom is -0.337 e. The second-order valence-electron chi connectivity index (χ2n) is 5.01. The minimum absolute atomic E-state index is 0.345. The van der Waals surface area contributed by atoms with E-state index in [0.717, 1.165) is 12.3 Å². The van der Waals surface area contributed by atoms with Gasteiger partial charge in [0.1, 0.15) is 0 Å². The average Bonchev–Trinajstić information content (AvgIpc) is 2.60. The van der Waals surface area contributed by atoms with Gasteiger partial charge in [-0.25, -0.2) is 0 Å². The summed E-state index contributed by atoms with van der Waals surface area (Å²) in [5.74, 6) is 2.61. The molecule has 92 valence electrons. The van der Waals surface area contributed by atoms with Crippen LogP contribution in [0.15, 0.2) is 0 Å². The first kappa shape index (κ1) is 12.2. The van der Waals surface area contributed by atoms with Crippen molar-refractivity contribution in [1.29, 1.82) is 0 Å². The van der Waals surface area contributed by atoms with Crippen molar-refractivity contribution in [3.63, 3.8) is 0 Å². The van der Waals surface area contributed by atoms with Crippen molar-refractivity contribution in [2.75, 3.05) is 18.1 Å². The van der Waals surface area contributed by atoms with Crippen molar-refractivity contribution in [2.45, 2.75) is 51.2 Å². The summed E-state index contributed by atoms with van der Waals surface area (Å²) in [4.78, 5) is 14.3. The molecule has 0 aromatic carbocycles. The molecule has 0 bridgehead atoms. The van der Waals surface area contributed by atoms with Gasteiger partial charge < -0.3 is 10.2 Å². The lowest BCUT2D eigenvalue weighted by molar-refractivity contribution is -0.133. The van der Waals surface area contributed by atoms with Crippen LogP contribution in [0.5, 0.6) is 0 Å². The summed E-state index contributed by atoms with van der Waals surface area (Å²) in [5, 5.41) is 3.43. The van der Waals surface area contributed by atoms with Gasteiger partial charge in [-0.3, -0.25) is 4.79 Å². The topological polar surface area (TPSA) is 32.3 Å². The normalized spacial score (nSPS) is 35.4. The van der Waals surface area contributed by atoms with Crippen molar-refractivity contribution in [1.82, 2.24) is 10.2 Å². The van der Waals surface area contributed by atoms with Gasteiger partial charge in [0.05, 0.1) is 0 Å². The fourth-order valence-corrected chi connectivity index (χ4v) is 3.70. The largest absolute Gasteiger partial charge is 0.337 e. The molecular formula is C12H22N2OS. The van der Waals surface area contributed by atoms with E-state index in [1.165, 1.54) is 18.6 Å². The van der Waals surface area contributed by atoms with Crippen LogP contribution in [0.4, 0.5) is 0 Å². The van der Waals surface area contributed by atoms with E-state index in [1.54, 1.807) is 0 Å². The molecule has 0 spiro atoms. The highest BCUT2D eigenvalue weighted by atomic mass is 32.2. The first-order chi connectivity index (χ1) is 7.68. The number of nitrogens with zero attached hydrogens (tertiary/aromatic N) is 1. The highest BCUT2D eigenvalue weighted by Gasteiger charge is 2.32. The Balaban J connectivity index is 1.86. The van der Waals surface area contributed by atoms with E-state index < -0.39 is 0 Å². The molecule has 3 atom stereocenters. The van der Waals surface area contributed by atoms with Crippen LogP contribution in [-0.2, 0) is 4.79 Å². The highest BCUT2D eigenvalue weighted by Crippen LogP contribution is 2.25. The molecule has 2 saturated heterocycles. The molecule has 2 heterocycles. The summed E-state index contributed by atoms with van der Waals surface area (Å²) in [5.41, 5.74) is 0. The molecule has 1 amide bonds. The summed E-state index contributed by atoms with van der Waals surface area (Å²) >= 11 is 1.96. The Morgan fingerprint density at radius 1 is 1.38 bits per heavy atom. The zero-order valence-corrected chi connectivity index (χ0v) is 11.1. The average molecular weight is 242 g/mol. The summed E-state index contributed by atoms with van der Waals surface area (Å²) in [7, 11) is 0. The molecule has 2 aliphatic heterocycles. The molecule has 0 saturated carbocycles. The Morgan fingerprint density at radius 2 is 2.06 bits per heavy atom. The van der Waals surface area contributed by atoms with Crippen molar-refractivity contribution in [3.05, 3.63) is 0 Å². The van der Waals surface area contributed by atoms with Gasteiger partial charge in [-0.1, -0.05) is 0 Å². The van der Waals surface area contributed by atoms with Crippen LogP contribution in [0.25, 0.3) is 0 Å². The van der Waals surface area contributed by atoms with Gasteiger partial charge >= 0.3 is 0 Å². The molecule has 2 fully saturated rings. The molecule has 0 aromatic heterocycles. The molecule has 0 aliphatic carbocycles. The van der Waals surface area contributed by atoms with Crippen LogP contribution in [0.1, 0.15) is 33.1 Å². The molecule has 0 aromatic rings. The third-order valence-corrected chi connectivity index (χ3v) is 4.79. The first-order valence-corrected chi connectivity index (χ1v) is 7.46. The lowest BCUT2D eigenvalue weighted by Crippen LogP contribution is -2.45. The maximum atomic E-state index is 12.2. The summed E-state index contributed by atoms with van der Waals surface area (Å²) in [6, 6.07) is 1.28. The van der Waals surface area contributed by atoms with Crippen molar-refractivity contribution >= 4 is 17.7 Å². The zero-order valence-electron chi connectivity index (χ0n) is 10.2. The Morgan fingerprint density at radius 3 is 2.62 bits per heavy atom. The van der Waals surface area contributed by atoms with E-state index in [4.69, 9.17) is 0 Å². The number of rotatable bonds is 2. The van der Waals surface area contributed by atoms with Gasteiger partial charge in [0.25, 0.3) is 0 Å². The van der Waals surface area contributed by atoms with E-state index in [9.17, 15) is 4.79 Å². The van der Waals surface area contributed by atoms with Gasteiger partial charge in [0, 0.05) is 42.6 Å². The van der Waals surface area contributed by atoms with E-state index in [0.29, 0.717) is 30.5 Å². The highest BCUT2D eigenvalue weighted by molar-refractivity contribution is 7.99. The molecule has 1 N–H and O–H groups in total. The molecule has 3 nitrogen and oxygen atoms in total. The lowest BCUT2D eigenvalue weighted by atomic mass is 10.2. The number of thioether (sulfide) groups is 1. The van der Waals surface area contributed by atoms with Gasteiger partial charge in [-0.05, 0) is 26.7 Å². The van der Waals surface area contributed by atoms with Crippen molar-refractivity contribution < 1.29 is 4.79 Å². The molecule has 2 rings (SSSR count). The Kier molecular flexibility index (Phi) is 4.14. The number of hydrogen-bond donors (Lipinski definition) is 1. The number of nitrogens with one attached hydrogen (secondary N) is 1. The van der Waals surface area contributed by atoms with Crippen LogP contribution < -0.4 is 5.32 Å². The SMILES string of the molecule is CC1CCC(C)N1C(=O)CC1CSCCN1. The van der Waals surface area contributed by atoms with Crippen LogP contribution in [0, 0.1) is 0 Å². The third-order valence-electron chi connectivity index (χ3n) is 3.66. The maximum absolute atomic E-state index is 12.2. The zero-order chi connectivity index (χ0) is 11.5. The van der Waals surface area contributed by atoms with Crippen molar-refractivity contribution in [2.24, 2.45) is 0 Å². The van der Waals surface area contributed by atoms with Gasteiger partial charge in [0.2, 0.25) is 5.91 Å². The van der Waals surface area contributed by atoms with Crippen LogP contribution in [0.3, 0.4) is 0 Å². The van der Waals surface area contributed by atoms with E-state index in [2.05, 4.69) is 24.1 Å². The molecule has 4 heteroatoms. The standard InChI is InChI=1S/C12H22N2OS/c1-9-3-4-10(2)14(9)12(15)7-11-8-16-6-5-13-11/h9-11,13H,3-8H2,1-2H3. The Labute approximate surface area is 102 Å². The van der Waals surface area contributed by atoms with E-state index in [1.807, 2.05) is 11.8 Å². The minimum atomic E-state index is 0.345.